The lowest BCUT2D eigenvalue weighted by Gasteiger charge is -2.06. The van der Waals surface area contributed by atoms with Crippen molar-refractivity contribution in [1.82, 2.24) is 15.0 Å². The highest BCUT2D eigenvalue weighted by Crippen LogP contribution is 2.27. The van der Waals surface area contributed by atoms with E-state index in [-0.39, 0.29) is 5.78 Å². The Morgan fingerprint density at radius 3 is 2.76 bits per heavy atom. The molecule has 2 aromatic carbocycles. The van der Waals surface area contributed by atoms with E-state index < -0.39 is 0 Å². The number of hydrogen-bond donors (Lipinski definition) is 2. The molecule has 0 saturated heterocycles. The summed E-state index contributed by atoms with van der Waals surface area (Å²) < 4.78 is 6.98. The molecule has 0 saturated carbocycles. The van der Waals surface area contributed by atoms with Gasteiger partial charge in [-0.2, -0.15) is 0 Å². The number of imidazole rings is 1. The molecule has 0 aliphatic rings. The van der Waals surface area contributed by atoms with Crippen LogP contribution < -0.4 is 10.1 Å². The first-order valence-electron chi connectivity index (χ1n) is 9.22. The van der Waals surface area contributed by atoms with Crippen LogP contribution in [-0.2, 0) is 0 Å². The number of nitrogens with zero attached hydrogens (tertiary/aromatic N) is 2. The Kier molecular flexibility index (Phi) is 5.31. The second-order valence-electron chi connectivity index (χ2n) is 6.61. The molecule has 7 heteroatoms. The zero-order valence-electron chi connectivity index (χ0n) is 16.0. The van der Waals surface area contributed by atoms with Crippen LogP contribution in [0.15, 0.2) is 59.2 Å². The van der Waals surface area contributed by atoms with E-state index in [2.05, 4.69) is 36.2 Å². The third-order valence-electron chi connectivity index (χ3n) is 4.45. The summed E-state index contributed by atoms with van der Waals surface area (Å²) in [6, 6.07) is 15.0. The van der Waals surface area contributed by atoms with Crippen LogP contribution in [-0.4, -0.2) is 20.7 Å². The van der Waals surface area contributed by atoms with Crippen molar-refractivity contribution in [1.29, 1.82) is 0 Å². The fourth-order valence-corrected chi connectivity index (χ4v) is 3.16. The lowest BCUT2D eigenvalue weighted by atomic mass is 10.2. The molecule has 0 bridgehead atoms. The summed E-state index contributed by atoms with van der Waals surface area (Å²) in [5.74, 6) is 1.85. The zero-order valence-corrected chi connectivity index (χ0v) is 17.6. The summed E-state index contributed by atoms with van der Waals surface area (Å²) in [5.41, 5.74) is 4.16. The maximum atomic E-state index is 11.8. The zero-order chi connectivity index (χ0) is 20.4. The third-order valence-corrected chi connectivity index (χ3v) is 5.34. The molecular formula is C22H19BrN4O2. The van der Waals surface area contributed by atoms with Crippen molar-refractivity contribution in [3.05, 3.63) is 70.5 Å². The Hall–Kier alpha value is -3.19. The van der Waals surface area contributed by atoms with Gasteiger partial charge in [-0.05, 0) is 48.9 Å². The Morgan fingerprint density at radius 2 is 1.97 bits per heavy atom. The molecule has 0 aliphatic heterocycles. The number of carbonyl (C=O) groups is 1. The summed E-state index contributed by atoms with van der Waals surface area (Å²) in [6.07, 6.45) is 1.99. The van der Waals surface area contributed by atoms with E-state index >= 15 is 0 Å². The van der Waals surface area contributed by atoms with Gasteiger partial charge in [-0.3, -0.25) is 9.78 Å². The van der Waals surface area contributed by atoms with Gasteiger partial charge in [0.05, 0.1) is 11.0 Å². The molecule has 146 valence electrons. The van der Waals surface area contributed by atoms with E-state index in [4.69, 9.17) is 4.74 Å². The normalized spacial score (nSPS) is 10.9. The number of nitrogens with one attached hydrogen (secondary N) is 2. The van der Waals surface area contributed by atoms with Crippen LogP contribution in [0.5, 0.6) is 11.5 Å². The predicted octanol–water partition coefficient (Wildman–Crippen LogP) is 6.16. The van der Waals surface area contributed by atoms with Crippen LogP contribution in [0.2, 0.25) is 0 Å². The number of halogens is 1. The quantitative estimate of drug-likeness (QED) is 0.344. The SMILES string of the molecule is CCC(=O)c1cc(Oc2ccc3nc(Nc4ccc(Br)c(C)c4)[nH]c3c2)ccn1. The Labute approximate surface area is 176 Å². The molecule has 4 aromatic rings. The standard InChI is InChI=1S/C22H19BrN4O2/c1-3-21(28)20-12-16(8-9-24-20)29-15-5-7-18-19(11-15)27-22(26-18)25-14-4-6-17(23)13(2)10-14/h4-12H,3H2,1-2H3,(H2,25,26,27). The minimum absolute atomic E-state index is 0.0154. The molecule has 29 heavy (non-hydrogen) atoms. The van der Waals surface area contributed by atoms with Crippen LogP contribution in [0.3, 0.4) is 0 Å². The van der Waals surface area contributed by atoms with Crippen LogP contribution >= 0.6 is 15.9 Å². The van der Waals surface area contributed by atoms with E-state index in [9.17, 15) is 4.79 Å². The molecule has 2 aromatic heterocycles. The molecule has 2 heterocycles. The third kappa shape index (κ3) is 4.30. The van der Waals surface area contributed by atoms with Gasteiger partial charge >= 0.3 is 0 Å². The minimum Gasteiger partial charge on any atom is -0.457 e. The number of aryl methyl sites for hydroxylation is 1. The summed E-state index contributed by atoms with van der Waals surface area (Å²) in [4.78, 5) is 23.8. The number of aromatic amines is 1. The van der Waals surface area contributed by atoms with E-state index in [0.717, 1.165) is 26.8 Å². The molecular weight excluding hydrogens is 432 g/mol. The van der Waals surface area contributed by atoms with Crippen LogP contribution in [0.4, 0.5) is 11.6 Å². The number of H-pyrrole nitrogens is 1. The lowest BCUT2D eigenvalue weighted by molar-refractivity contribution is 0.0983. The first kappa shape index (κ1) is 19.1. The molecule has 0 aliphatic carbocycles. The number of carbonyl (C=O) groups excluding carboxylic acids is 1. The van der Waals surface area contributed by atoms with Gasteiger partial charge in [0.15, 0.2) is 5.78 Å². The Balaban J connectivity index is 1.55. The van der Waals surface area contributed by atoms with Gasteiger partial charge in [0.2, 0.25) is 5.95 Å². The maximum Gasteiger partial charge on any atom is 0.205 e. The van der Waals surface area contributed by atoms with Crippen LogP contribution in [0.1, 0.15) is 29.4 Å². The number of benzene rings is 2. The second kappa shape index (κ2) is 8.05. The van der Waals surface area contributed by atoms with Gasteiger partial charge in [0.1, 0.15) is 17.2 Å². The highest BCUT2D eigenvalue weighted by molar-refractivity contribution is 9.10. The van der Waals surface area contributed by atoms with E-state index in [1.165, 1.54) is 0 Å². The van der Waals surface area contributed by atoms with Crippen molar-refractivity contribution in [3.63, 3.8) is 0 Å². The number of pyridine rings is 1. The summed E-state index contributed by atoms with van der Waals surface area (Å²) >= 11 is 3.51. The predicted molar refractivity (Wildman–Crippen MR) is 117 cm³/mol. The molecule has 0 atom stereocenters. The van der Waals surface area contributed by atoms with Gasteiger partial charge in [-0.25, -0.2) is 4.98 Å². The highest BCUT2D eigenvalue weighted by Gasteiger charge is 2.09. The summed E-state index contributed by atoms with van der Waals surface area (Å²) in [5, 5.41) is 3.28. The topological polar surface area (TPSA) is 79.9 Å². The van der Waals surface area contributed by atoms with E-state index in [1.807, 2.05) is 50.2 Å². The number of anilines is 2. The molecule has 0 radical (unpaired) electrons. The fraction of sp³-hybridized carbons (Fsp3) is 0.136. The second-order valence-corrected chi connectivity index (χ2v) is 7.46. The first-order chi connectivity index (χ1) is 14.0. The molecule has 0 amide bonds. The first-order valence-corrected chi connectivity index (χ1v) is 10.0. The van der Waals surface area contributed by atoms with Crippen molar-refractivity contribution >= 4 is 44.4 Å². The van der Waals surface area contributed by atoms with E-state index in [1.54, 1.807) is 18.3 Å². The van der Waals surface area contributed by atoms with Gasteiger partial charge in [0.25, 0.3) is 0 Å². The number of rotatable bonds is 6. The molecule has 0 spiro atoms. The number of aromatic nitrogens is 3. The number of hydrogen-bond acceptors (Lipinski definition) is 5. The molecule has 0 fully saturated rings. The lowest BCUT2D eigenvalue weighted by Crippen LogP contribution is -2.00. The fourth-order valence-electron chi connectivity index (χ4n) is 2.91. The van der Waals surface area contributed by atoms with Crippen LogP contribution in [0, 0.1) is 6.92 Å². The van der Waals surface area contributed by atoms with Gasteiger partial charge < -0.3 is 15.0 Å². The van der Waals surface area contributed by atoms with Gasteiger partial charge in [-0.15, -0.1) is 0 Å². The van der Waals surface area contributed by atoms with Crippen LogP contribution in [0.25, 0.3) is 11.0 Å². The molecule has 0 unspecified atom stereocenters. The summed E-state index contributed by atoms with van der Waals surface area (Å²) in [7, 11) is 0. The average molecular weight is 451 g/mol. The van der Waals surface area contributed by atoms with E-state index in [0.29, 0.717) is 29.6 Å². The number of fused-ring (bicyclic) bond motifs is 1. The van der Waals surface area contributed by atoms with Gasteiger partial charge in [-0.1, -0.05) is 22.9 Å². The summed E-state index contributed by atoms with van der Waals surface area (Å²) in [6.45, 7) is 3.85. The highest BCUT2D eigenvalue weighted by atomic mass is 79.9. The van der Waals surface area contributed by atoms with Crippen molar-refractivity contribution in [2.24, 2.45) is 0 Å². The monoisotopic (exact) mass is 450 g/mol. The largest absolute Gasteiger partial charge is 0.457 e. The maximum absolute atomic E-state index is 11.8. The smallest absolute Gasteiger partial charge is 0.205 e. The number of Topliss-reactive ketones (excluding diaryl/α,β-unsaturated/α-hetero) is 1. The Morgan fingerprint density at radius 1 is 1.14 bits per heavy atom. The van der Waals surface area contributed by atoms with Crippen molar-refractivity contribution < 1.29 is 9.53 Å². The average Bonchev–Trinajstić information content (AvgIpc) is 3.12. The van der Waals surface area contributed by atoms with Crippen molar-refractivity contribution in [2.45, 2.75) is 20.3 Å². The van der Waals surface area contributed by atoms with Crippen molar-refractivity contribution in [2.75, 3.05) is 5.32 Å². The minimum atomic E-state index is -0.0154. The Bertz CT molecular complexity index is 1200. The van der Waals surface area contributed by atoms with Gasteiger partial charge in [0, 0.05) is 34.9 Å². The molecule has 4 rings (SSSR count). The molecule has 2 N–H and O–H groups in total. The number of ether oxygens (including phenoxy) is 1. The molecule has 6 nitrogen and oxygen atoms in total. The number of ketones is 1. The van der Waals surface area contributed by atoms with Crippen molar-refractivity contribution in [3.8, 4) is 11.5 Å².